The average molecular weight is 318 g/mol. The van der Waals surface area contributed by atoms with E-state index in [1.807, 2.05) is 24.3 Å². The SMILES string of the molecule is CC(C)n1c(COc2ccc(Cl)cc2)cc2c(F)cccc21. The van der Waals surface area contributed by atoms with Gasteiger partial charge >= 0.3 is 0 Å². The molecule has 2 nitrogen and oxygen atoms in total. The molecule has 0 spiro atoms. The lowest BCUT2D eigenvalue weighted by atomic mass is 10.2. The molecule has 0 aliphatic carbocycles. The van der Waals surface area contributed by atoms with Gasteiger partial charge in [0.2, 0.25) is 0 Å². The lowest BCUT2D eigenvalue weighted by Gasteiger charge is -2.15. The first kappa shape index (κ1) is 14.9. The first-order chi connectivity index (χ1) is 10.6. The van der Waals surface area contributed by atoms with Crippen molar-refractivity contribution in [2.75, 3.05) is 0 Å². The van der Waals surface area contributed by atoms with Gasteiger partial charge in [-0.25, -0.2) is 4.39 Å². The number of halogens is 2. The Labute approximate surface area is 134 Å². The molecule has 0 saturated carbocycles. The number of fused-ring (bicyclic) bond motifs is 1. The summed E-state index contributed by atoms with van der Waals surface area (Å²) in [6.07, 6.45) is 0. The monoisotopic (exact) mass is 317 g/mol. The molecule has 0 bridgehead atoms. The molecule has 4 heteroatoms. The molecule has 0 unspecified atom stereocenters. The van der Waals surface area contributed by atoms with E-state index in [2.05, 4.69) is 18.4 Å². The summed E-state index contributed by atoms with van der Waals surface area (Å²) in [4.78, 5) is 0. The highest BCUT2D eigenvalue weighted by Crippen LogP contribution is 2.27. The molecule has 0 N–H and O–H groups in total. The van der Waals surface area contributed by atoms with E-state index in [0.717, 1.165) is 17.0 Å². The van der Waals surface area contributed by atoms with Crippen molar-refractivity contribution < 1.29 is 9.13 Å². The first-order valence-corrected chi connectivity index (χ1v) is 7.61. The molecular formula is C18H17ClFNO. The topological polar surface area (TPSA) is 14.2 Å². The van der Waals surface area contributed by atoms with E-state index in [9.17, 15) is 4.39 Å². The minimum Gasteiger partial charge on any atom is -0.487 e. The van der Waals surface area contributed by atoms with Crippen LogP contribution < -0.4 is 4.74 Å². The fourth-order valence-electron chi connectivity index (χ4n) is 2.68. The zero-order valence-electron chi connectivity index (χ0n) is 12.5. The highest BCUT2D eigenvalue weighted by molar-refractivity contribution is 6.30. The van der Waals surface area contributed by atoms with Crippen LogP contribution in [0.1, 0.15) is 25.6 Å². The summed E-state index contributed by atoms with van der Waals surface area (Å²) < 4.78 is 21.9. The molecule has 0 atom stereocenters. The lowest BCUT2D eigenvalue weighted by Crippen LogP contribution is -2.08. The van der Waals surface area contributed by atoms with Crippen LogP contribution in [0.5, 0.6) is 5.75 Å². The lowest BCUT2D eigenvalue weighted by molar-refractivity contribution is 0.293. The van der Waals surface area contributed by atoms with Gasteiger partial charge in [-0.2, -0.15) is 0 Å². The van der Waals surface area contributed by atoms with Crippen molar-refractivity contribution in [3.63, 3.8) is 0 Å². The van der Waals surface area contributed by atoms with E-state index in [1.165, 1.54) is 6.07 Å². The standard InChI is InChI=1S/C18H17ClFNO/c1-12(2)21-14(10-16-17(20)4-3-5-18(16)21)11-22-15-8-6-13(19)7-9-15/h3-10,12H,11H2,1-2H3. The number of benzene rings is 2. The van der Waals surface area contributed by atoms with Crippen LogP contribution in [0.25, 0.3) is 10.9 Å². The molecule has 0 saturated heterocycles. The van der Waals surface area contributed by atoms with Gasteiger partial charge < -0.3 is 9.30 Å². The van der Waals surface area contributed by atoms with Crippen LogP contribution in [0.2, 0.25) is 5.02 Å². The third kappa shape index (κ3) is 2.81. The molecule has 1 aromatic heterocycles. The third-order valence-corrected chi connectivity index (χ3v) is 3.88. The van der Waals surface area contributed by atoms with Crippen molar-refractivity contribution in [2.45, 2.75) is 26.5 Å². The molecule has 114 valence electrons. The maximum absolute atomic E-state index is 14.0. The molecule has 2 aromatic carbocycles. The van der Waals surface area contributed by atoms with Crippen LogP contribution in [0, 0.1) is 5.82 Å². The van der Waals surface area contributed by atoms with Gasteiger partial charge in [-0.05, 0) is 56.3 Å². The van der Waals surface area contributed by atoms with Crippen molar-refractivity contribution in [1.29, 1.82) is 0 Å². The summed E-state index contributed by atoms with van der Waals surface area (Å²) >= 11 is 5.87. The molecule has 0 radical (unpaired) electrons. The van der Waals surface area contributed by atoms with Crippen LogP contribution in [0.15, 0.2) is 48.5 Å². The minimum absolute atomic E-state index is 0.204. The number of ether oxygens (including phenoxy) is 1. The Morgan fingerprint density at radius 2 is 1.86 bits per heavy atom. The van der Waals surface area contributed by atoms with Crippen LogP contribution in [-0.4, -0.2) is 4.57 Å². The van der Waals surface area contributed by atoms with Crippen molar-refractivity contribution in [1.82, 2.24) is 4.57 Å². The summed E-state index contributed by atoms with van der Waals surface area (Å²) in [5.74, 6) is 0.537. The predicted octanol–water partition coefficient (Wildman–Crippen LogP) is 5.59. The summed E-state index contributed by atoms with van der Waals surface area (Å²) in [5, 5.41) is 1.30. The van der Waals surface area contributed by atoms with Gasteiger partial charge in [0.15, 0.2) is 0 Å². The van der Waals surface area contributed by atoms with E-state index >= 15 is 0 Å². The minimum atomic E-state index is -0.204. The number of aromatic nitrogens is 1. The maximum atomic E-state index is 14.0. The van der Waals surface area contributed by atoms with Gasteiger partial charge in [-0.1, -0.05) is 17.7 Å². The van der Waals surface area contributed by atoms with E-state index in [0.29, 0.717) is 17.0 Å². The molecule has 1 heterocycles. The summed E-state index contributed by atoms with van der Waals surface area (Å²) in [6, 6.07) is 14.5. The van der Waals surface area contributed by atoms with Crippen molar-refractivity contribution in [2.24, 2.45) is 0 Å². The Morgan fingerprint density at radius 1 is 1.14 bits per heavy atom. The van der Waals surface area contributed by atoms with Crippen LogP contribution in [0.4, 0.5) is 4.39 Å². The number of hydrogen-bond donors (Lipinski definition) is 0. The fraction of sp³-hybridized carbons (Fsp3) is 0.222. The molecule has 0 aliphatic heterocycles. The third-order valence-electron chi connectivity index (χ3n) is 3.63. The summed E-state index contributed by atoms with van der Waals surface area (Å²) in [7, 11) is 0. The van der Waals surface area contributed by atoms with Crippen LogP contribution >= 0.6 is 11.6 Å². The normalized spacial score (nSPS) is 11.3. The predicted molar refractivity (Wildman–Crippen MR) is 88.1 cm³/mol. The Bertz CT molecular complexity index is 793. The average Bonchev–Trinajstić information content (AvgIpc) is 2.87. The number of nitrogens with zero attached hydrogens (tertiary/aromatic N) is 1. The largest absolute Gasteiger partial charge is 0.487 e. The maximum Gasteiger partial charge on any atom is 0.132 e. The quantitative estimate of drug-likeness (QED) is 0.611. The number of rotatable bonds is 4. The second-order valence-corrected chi connectivity index (χ2v) is 5.95. The van der Waals surface area contributed by atoms with Gasteiger partial charge in [-0.15, -0.1) is 0 Å². The van der Waals surface area contributed by atoms with Crippen molar-refractivity contribution >= 4 is 22.5 Å². The summed E-state index contributed by atoms with van der Waals surface area (Å²) in [6.45, 7) is 4.54. The van der Waals surface area contributed by atoms with Gasteiger partial charge in [0, 0.05) is 16.5 Å². The van der Waals surface area contributed by atoms with Gasteiger partial charge in [0.05, 0.1) is 11.2 Å². The molecule has 3 rings (SSSR count). The second kappa shape index (κ2) is 6.01. The number of hydrogen-bond acceptors (Lipinski definition) is 1. The molecule has 0 aliphatic rings. The Hall–Kier alpha value is -2.00. The van der Waals surface area contributed by atoms with Gasteiger partial charge in [0.25, 0.3) is 0 Å². The van der Waals surface area contributed by atoms with Crippen LogP contribution in [0.3, 0.4) is 0 Å². The van der Waals surface area contributed by atoms with Gasteiger partial charge in [-0.3, -0.25) is 0 Å². The van der Waals surface area contributed by atoms with Crippen molar-refractivity contribution in [3.05, 3.63) is 65.1 Å². The highest BCUT2D eigenvalue weighted by Gasteiger charge is 2.14. The molecule has 0 fully saturated rings. The van der Waals surface area contributed by atoms with Crippen LogP contribution in [-0.2, 0) is 6.61 Å². The Kier molecular flexibility index (Phi) is 4.08. The first-order valence-electron chi connectivity index (χ1n) is 7.23. The molecule has 0 amide bonds. The van der Waals surface area contributed by atoms with E-state index in [4.69, 9.17) is 16.3 Å². The zero-order chi connectivity index (χ0) is 15.7. The highest BCUT2D eigenvalue weighted by atomic mass is 35.5. The van der Waals surface area contributed by atoms with E-state index in [-0.39, 0.29) is 11.9 Å². The van der Waals surface area contributed by atoms with E-state index in [1.54, 1.807) is 18.2 Å². The fourth-order valence-corrected chi connectivity index (χ4v) is 2.80. The zero-order valence-corrected chi connectivity index (χ0v) is 13.3. The Morgan fingerprint density at radius 3 is 2.55 bits per heavy atom. The van der Waals surface area contributed by atoms with Gasteiger partial charge in [0.1, 0.15) is 18.2 Å². The smallest absolute Gasteiger partial charge is 0.132 e. The van der Waals surface area contributed by atoms with E-state index < -0.39 is 0 Å². The van der Waals surface area contributed by atoms with Crippen molar-refractivity contribution in [3.8, 4) is 5.75 Å². The Balaban J connectivity index is 1.94. The second-order valence-electron chi connectivity index (χ2n) is 5.51. The molecular weight excluding hydrogens is 301 g/mol. The molecule has 22 heavy (non-hydrogen) atoms. The molecule has 3 aromatic rings. The summed E-state index contributed by atoms with van der Waals surface area (Å²) in [5.41, 5.74) is 1.84.